The van der Waals surface area contributed by atoms with E-state index in [9.17, 15) is 10.1 Å². The van der Waals surface area contributed by atoms with Crippen molar-refractivity contribution in [2.45, 2.75) is 31.4 Å². The Hall–Kier alpha value is -1.57. The third kappa shape index (κ3) is 3.30. The highest BCUT2D eigenvalue weighted by Crippen LogP contribution is 2.38. The van der Waals surface area contributed by atoms with Gasteiger partial charge in [0, 0.05) is 17.8 Å². The molecule has 0 aliphatic carbocycles. The van der Waals surface area contributed by atoms with Crippen molar-refractivity contribution in [3.63, 3.8) is 0 Å². The van der Waals surface area contributed by atoms with E-state index in [1.807, 2.05) is 18.7 Å². The van der Waals surface area contributed by atoms with Gasteiger partial charge in [-0.3, -0.25) is 10.1 Å². The van der Waals surface area contributed by atoms with E-state index in [1.165, 1.54) is 12.7 Å². The van der Waals surface area contributed by atoms with Gasteiger partial charge < -0.3 is 10.6 Å². The molecule has 110 valence electrons. The molecule has 0 spiro atoms. The molecule has 0 amide bonds. The Kier molecular flexibility index (Phi) is 4.64. The van der Waals surface area contributed by atoms with E-state index in [4.69, 9.17) is 0 Å². The zero-order chi connectivity index (χ0) is 14.6. The predicted molar refractivity (Wildman–Crippen MR) is 81.4 cm³/mol. The van der Waals surface area contributed by atoms with E-state index in [2.05, 4.69) is 27.5 Å². The van der Waals surface area contributed by atoms with Gasteiger partial charge in [-0.25, -0.2) is 9.97 Å². The summed E-state index contributed by atoms with van der Waals surface area (Å²) < 4.78 is 0.122. The van der Waals surface area contributed by atoms with Gasteiger partial charge in [-0.05, 0) is 32.4 Å². The van der Waals surface area contributed by atoms with Crippen molar-refractivity contribution in [1.82, 2.24) is 9.97 Å². The van der Waals surface area contributed by atoms with E-state index < -0.39 is 4.92 Å². The van der Waals surface area contributed by atoms with Crippen LogP contribution in [0.25, 0.3) is 0 Å². The highest BCUT2D eigenvalue weighted by Gasteiger charge is 2.31. The van der Waals surface area contributed by atoms with Crippen molar-refractivity contribution in [3.05, 3.63) is 16.4 Å². The first-order valence-corrected chi connectivity index (χ1v) is 7.65. The topological polar surface area (TPSA) is 93.0 Å². The Bertz CT molecular complexity index is 491. The Morgan fingerprint density at radius 3 is 2.70 bits per heavy atom. The van der Waals surface area contributed by atoms with Gasteiger partial charge in [-0.15, -0.1) is 0 Å². The second-order valence-corrected chi connectivity index (χ2v) is 6.64. The molecule has 1 unspecified atom stereocenters. The fourth-order valence-corrected chi connectivity index (χ4v) is 3.47. The second kappa shape index (κ2) is 6.25. The maximum Gasteiger partial charge on any atom is 0.353 e. The lowest BCUT2D eigenvalue weighted by Crippen LogP contribution is -2.27. The van der Waals surface area contributed by atoms with Gasteiger partial charge in [0.2, 0.25) is 11.6 Å². The second-order valence-electron chi connectivity index (χ2n) is 4.96. The van der Waals surface area contributed by atoms with E-state index >= 15 is 0 Å². The normalized spacial score (nSPS) is 21.7. The maximum absolute atomic E-state index is 11.2. The van der Waals surface area contributed by atoms with Gasteiger partial charge in [-0.2, -0.15) is 11.8 Å². The fourth-order valence-electron chi connectivity index (χ4n) is 2.22. The number of rotatable bonds is 6. The van der Waals surface area contributed by atoms with Crippen molar-refractivity contribution >= 4 is 29.1 Å². The summed E-state index contributed by atoms with van der Waals surface area (Å²) >= 11 is 1.90. The zero-order valence-electron chi connectivity index (χ0n) is 11.7. The van der Waals surface area contributed by atoms with Crippen LogP contribution < -0.4 is 10.6 Å². The number of hydrogen-bond donors (Lipinski definition) is 2. The number of anilines is 2. The van der Waals surface area contributed by atoms with Gasteiger partial charge in [0.15, 0.2) is 0 Å². The van der Waals surface area contributed by atoms with Gasteiger partial charge in [-0.1, -0.05) is 0 Å². The molecule has 0 bridgehead atoms. The lowest BCUT2D eigenvalue weighted by molar-refractivity contribution is -0.383. The van der Waals surface area contributed by atoms with Gasteiger partial charge in [0.1, 0.15) is 6.33 Å². The molecule has 20 heavy (non-hydrogen) atoms. The molecule has 1 fully saturated rings. The van der Waals surface area contributed by atoms with Crippen molar-refractivity contribution in [3.8, 4) is 0 Å². The molecule has 1 saturated heterocycles. The Morgan fingerprint density at radius 2 is 2.15 bits per heavy atom. The molecular formula is C12H19N5O2S. The molecule has 1 atom stereocenters. The van der Waals surface area contributed by atoms with Crippen LogP contribution in [0.5, 0.6) is 0 Å². The number of thioether (sulfide) groups is 1. The number of aromatic nitrogens is 2. The lowest BCUT2D eigenvalue weighted by atomic mass is 10.1. The van der Waals surface area contributed by atoms with Crippen molar-refractivity contribution in [2.24, 2.45) is 0 Å². The van der Waals surface area contributed by atoms with Crippen LogP contribution in [0.1, 0.15) is 26.7 Å². The predicted octanol–water partition coefficient (Wildman–Crippen LogP) is 2.51. The van der Waals surface area contributed by atoms with Crippen LogP contribution in [-0.2, 0) is 0 Å². The van der Waals surface area contributed by atoms with E-state index in [-0.39, 0.29) is 22.1 Å². The smallest absolute Gasteiger partial charge is 0.353 e. The highest BCUT2D eigenvalue weighted by molar-refractivity contribution is 8.00. The first-order valence-electron chi connectivity index (χ1n) is 6.67. The molecular weight excluding hydrogens is 278 g/mol. The Morgan fingerprint density at radius 1 is 1.45 bits per heavy atom. The summed E-state index contributed by atoms with van der Waals surface area (Å²) in [4.78, 5) is 18.8. The first kappa shape index (κ1) is 14.8. The number of nitrogens with one attached hydrogen (secondary N) is 2. The Labute approximate surface area is 122 Å². The van der Waals surface area contributed by atoms with Gasteiger partial charge in [0.05, 0.1) is 4.92 Å². The molecule has 0 radical (unpaired) electrons. The van der Waals surface area contributed by atoms with Gasteiger partial charge in [0.25, 0.3) is 0 Å². The van der Waals surface area contributed by atoms with Crippen LogP contribution >= 0.6 is 11.8 Å². The summed E-state index contributed by atoms with van der Waals surface area (Å²) in [5, 5.41) is 17.3. The number of nitro groups is 1. The van der Waals surface area contributed by atoms with Crippen molar-refractivity contribution in [1.29, 1.82) is 0 Å². The first-order chi connectivity index (χ1) is 9.56. The summed E-state index contributed by atoms with van der Waals surface area (Å²) in [5.41, 5.74) is -0.0825. The summed E-state index contributed by atoms with van der Waals surface area (Å²) in [6, 6.07) is 0. The largest absolute Gasteiger partial charge is 0.364 e. The Balaban J connectivity index is 2.18. The monoisotopic (exact) mass is 297 g/mol. The standard InChI is InChI=1S/C12H19N5O2S/c1-3-13-10-9(17(18)19)11(16-8-15-10)14-7-12(2)5-4-6-20-12/h8H,3-7H2,1-2H3,(H2,13,14,15,16). The maximum atomic E-state index is 11.2. The molecule has 1 aliphatic rings. The zero-order valence-corrected chi connectivity index (χ0v) is 12.5. The molecule has 2 N–H and O–H groups in total. The summed E-state index contributed by atoms with van der Waals surface area (Å²) in [6.07, 6.45) is 3.65. The van der Waals surface area contributed by atoms with E-state index in [1.54, 1.807) is 0 Å². The van der Waals surface area contributed by atoms with Crippen LogP contribution in [0.2, 0.25) is 0 Å². The third-order valence-corrected chi connectivity index (χ3v) is 4.82. The molecule has 0 aromatic carbocycles. The summed E-state index contributed by atoms with van der Waals surface area (Å²) in [6.45, 7) is 5.29. The molecule has 7 nitrogen and oxygen atoms in total. The molecule has 2 heterocycles. The minimum absolute atomic E-state index is 0.0825. The lowest BCUT2D eigenvalue weighted by Gasteiger charge is -2.23. The molecule has 1 aromatic heterocycles. The van der Waals surface area contributed by atoms with Gasteiger partial charge >= 0.3 is 5.69 Å². The van der Waals surface area contributed by atoms with Crippen molar-refractivity contribution in [2.75, 3.05) is 29.5 Å². The quantitative estimate of drug-likeness (QED) is 0.615. The molecule has 2 rings (SSSR count). The number of hydrogen-bond acceptors (Lipinski definition) is 7. The van der Waals surface area contributed by atoms with Crippen LogP contribution in [0.4, 0.5) is 17.3 Å². The van der Waals surface area contributed by atoms with Crippen LogP contribution in [-0.4, -0.2) is 38.5 Å². The minimum Gasteiger partial charge on any atom is -0.364 e. The number of nitrogens with zero attached hydrogens (tertiary/aromatic N) is 3. The fraction of sp³-hybridized carbons (Fsp3) is 0.667. The van der Waals surface area contributed by atoms with Crippen LogP contribution in [0.3, 0.4) is 0 Å². The molecule has 1 aliphatic heterocycles. The van der Waals surface area contributed by atoms with Crippen LogP contribution in [0, 0.1) is 10.1 Å². The van der Waals surface area contributed by atoms with Crippen molar-refractivity contribution < 1.29 is 4.92 Å². The summed E-state index contributed by atoms with van der Waals surface area (Å²) in [7, 11) is 0. The molecule has 8 heteroatoms. The molecule has 1 aromatic rings. The highest BCUT2D eigenvalue weighted by atomic mass is 32.2. The SMILES string of the molecule is CCNc1ncnc(NCC2(C)CCCS2)c1[N+](=O)[O-]. The van der Waals surface area contributed by atoms with E-state index in [0.717, 1.165) is 12.2 Å². The van der Waals surface area contributed by atoms with Crippen LogP contribution in [0.15, 0.2) is 6.33 Å². The third-order valence-electron chi connectivity index (χ3n) is 3.28. The molecule has 0 saturated carbocycles. The summed E-state index contributed by atoms with van der Waals surface area (Å²) in [5.74, 6) is 1.70. The minimum atomic E-state index is -0.440. The average Bonchev–Trinajstić information content (AvgIpc) is 2.84. The van der Waals surface area contributed by atoms with E-state index in [0.29, 0.717) is 13.1 Å². The average molecular weight is 297 g/mol.